The molecule has 1 aromatic heterocycles. The minimum Gasteiger partial charge on any atom is -0.496 e. The fourth-order valence-electron chi connectivity index (χ4n) is 1.76. The van der Waals surface area contributed by atoms with E-state index in [1.807, 2.05) is 0 Å². The van der Waals surface area contributed by atoms with E-state index in [0.717, 1.165) is 5.56 Å². The van der Waals surface area contributed by atoms with Crippen molar-refractivity contribution in [1.29, 1.82) is 0 Å². The molecule has 1 heterocycles. The van der Waals surface area contributed by atoms with E-state index in [1.54, 1.807) is 36.1 Å². The van der Waals surface area contributed by atoms with Crippen molar-refractivity contribution in [3.63, 3.8) is 0 Å². The van der Waals surface area contributed by atoms with E-state index in [2.05, 4.69) is 10.4 Å². The summed E-state index contributed by atoms with van der Waals surface area (Å²) in [5.41, 5.74) is 6.94. The number of hydrogen-bond donors (Lipinski definition) is 2. The first-order chi connectivity index (χ1) is 9.52. The van der Waals surface area contributed by atoms with Crippen molar-refractivity contribution in [2.45, 2.75) is 6.54 Å². The van der Waals surface area contributed by atoms with Crippen LogP contribution < -0.4 is 15.8 Å². The van der Waals surface area contributed by atoms with Crippen molar-refractivity contribution in [2.24, 2.45) is 7.05 Å². The molecule has 0 aliphatic carbocycles. The second kappa shape index (κ2) is 5.83. The van der Waals surface area contributed by atoms with Crippen molar-refractivity contribution in [3.05, 3.63) is 40.5 Å². The number of carbonyl (C=O) groups excluding carboxylic acids is 1. The number of rotatable bonds is 4. The summed E-state index contributed by atoms with van der Waals surface area (Å²) in [6, 6.07) is 4.87. The molecule has 0 saturated heterocycles. The predicted octanol–water partition coefficient (Wildman–Crippen LogP) is 1.59. The molecule has 0 aliphatic rings. The predicted molar refractivity (Wildman–Crippen MR) is 76.8 cm³/mol. The zero-order valence-corrected chi connectivity index (χ0v) is 11.9. The Kier molecular flexibility index (Phi) is 4.14. The molecule has 20 heavy (non-hydrogen) atoms. The first-order valence-electron chi connectivity index (χ1n) is 5.91. The average Bonchev–Trinajstić information content (AvgIpc) is 2.76. The van der Waals surface area contributed by atoms with Gasteiger partial charge in [-0.05, 0) is 18.2 Å². The van der Waals surface area contributed by atoms with Crippen molar-refractivity contribution in [2.75, 3.05) is 12.8 Å². The second-order valence-corrected chi connectivity index (χ2v) is 4.64. The quantitative estimate of drug-likeness (QED) is 0.897. The second-order valence-electron chi connectivity index (χ2n) is 4.21. The van der Waals surface area contributed by atoms with Crippen LogP contribution in [0.2, 0.25) is 5.02 Å². The third-order valence-corrected chi connectivity index (χ3v) is 3.15. The van der Waals surface area contributed by atoms with Gasteiger partial charge in [-0.2, -0.15) is 5.10 Å². The zero-order chi connectivity index (χ0) is 14.7. The molecule has 0 spiro atoms. The Morgan fingerprint density at radius 2 is 2.30 bits per heavy atom. The Hall–Kier alpha value is -2.21. The Balaban J connectivity index is 2.12. The highest BCUT2D eigenvalue weighted by molar-refractivity contribution is 6.31. The lowest BCUT2D eigenvalue weighted by Crippen LogP contribution is -2.23. The molecular formula is C13H15ClN4O2. The molecule has 7 heteroatoms. The molecule has 2 rings (SSSR count). The van der Waals surface area contributed by atoms with E-state index in [-0.39, 0.29) is 12.5 Å². The van der Waals surface area contributed by atoms with Gasteiger partial charge in [0.05, 0.1) is 18.9 Å². The van der Waals surface area contributed by atoms with E-state index in [4.69, 9.17) is 22.1 Å². The SMILES string of the molecule is COc1ccc(Cl)cc1C(=O)NCc1cnn(C)c1N. The molecule has 0 radical (unpaired) electrons. The number of aromatic nitrogens is 2. The Bertz CT molecular complexity index is 639. The van der Waals surface area contributed by atoms with Gasteiger partial charge in [0.2, 0.25) is 0 Å². The van der Waals surface area contributed by atoms with Gasteiger partial charge < -0.3 is 15.8 Å². The van der Waals surface area contributed by atoms with Gasteiger partial charge >= 0.3 is 0 Å². The number of nitrogens with one attached hydrogen (secondary N) is 1. The molecule has 0 saturated carbocycles. The van der Waals surface area contributed by atoms with Crippen LogP contribution in [-0.2, 0) is 13.6 Å². The maximum atomic E-state index is 12.2. The van der Waals surface area contributed by atoms with Gasteiger partial charge in [0.25, 0.3) is 5.91 Å². The number of nitrogens with two attached hydrogens (primary N) is 1. The highest BCUT2D eigenvalue weighted by atomic mass is 35.5. The van der Waals surface area contributed by atoms with Crippen LogP contribution in [0.5, 0.6) is 5.75 Å². The van der Waals surface area contributed by atoms with Crippen molar-refractivity contribution < 1.29 is 9.53 Å². The summed E-state index contributed by atoms with van der Waals surface area (Å²) in [5, 5.41) is 7.24. The number of carbonyl (C=O) groups is 1. The maximum absolute atomic E-state index is 12.2. The molecule has 1 aromatic carbocycles. The summed E-state index contributed by atoms with van der Waals surface area (Å²) in [5.74, 6) is 0.696. The molecule has 0 aliphatic heterocycles. The monoisotopic (exact) mass is 294 g/mol. The number of halogens is 1. The van der Waals surface area contributed by atoms with Gasteiger partial charge in [-0.3, -0.25) is 9.48 Å². The summed E-state index contributed by atoms with van der Waals surface area (Å²) < 4.78 is 6.68. The largest absolute Gasteiger partial charge is 0.496 e. The van der Waals surface area contributed by atoms with E-state index in [9.17, 15) is 4.79 Å². The number of anilines is 1. The van der Waals surface area contributed by atoms with Gasteiger partial charge in [-0.25, -0.2) is 0 Å². The van der Waals surface area contributed by atoms with Crippen LogP contribution in [0.1, 0.15) is 15.9 Å². The molecule has 0 unspecified atom stereocenters. The Morgan fingerprint density at radius 3 is 2.90 bits per heavy atom. The summed E-state index contributed by atoms with van der Waals surface area (Å²) in [6.45, 7) is 0.286. The Morgan fingerprint density at radius 1 is 1.55 bits per heavy atom. The van der Waals surface area contributed by atoms with E-state index in [1.165, 1.54) is 7.11 Å². The van der Waals surface area contributed by atoms with Crippen LogP contribution in [0.15, 0.2) is 24.4 Å². The van der Waals surface area contributed by atoms with Crippen molar-refractivity contribution >= 4 is 23.3 Å². The number of nitrogens with zero attached hydrogens (tertiary/aromatic N) is 2. The van der Waals surface area contributed by atoms with Gasteiger partial charge in [0, 0.05) is 24.2 Å². The third-order valence-electron chi connectivity index (χ3n) is 2.91. The molecule has 2 aromatic rings. The first kappa shape index (κ1) is 14.2. The zero-order valence-electron chi connectivity index (χ0n) is 11.2. The topological polar surface area (TPSA) is 82.2 Å². The summed E-state index contributed by atoms with van der Waals surface area (Å²) in [4.78, 5) is 12.2. The molecule has 0 atom stereocenters. The molecule has 6 nitrogen and oxygen atoms in total. The lowest BCUT2D eigenvalue weighted by atomic mass is 10.2. The van der Waals surface area contributed by atoms with Crippen molar-refractivity contribution in [1.82, 2.24) is 15.1 Å². The van der Waals surface area contributed by atoms with Crippen LogP contribution in [0.25, 0.3) is 0 Å². The summed E-state index contributed by atoms with van der Waals surface area (Å²) >= 11 is 5.89. The number of hydrogen-bond acceptors (Lipinski definition) is 4. The van der Waals surface area contributed by atoms with Crippen LogP contribution in [0.4, 0.5) is 5.82 Å². The lowest BCUT2D eigenvalue weighted by Gasteiger charge is -2.09. The summed E-state index contributed by atoms with van der Waals surface area (Å²) in [7, 11) is 3.24. The normalized spacial score (nSPS) is 10.3. The Labute approximate surface area is 121 Å². The highest BCUT2D eigenvalue weighted by Gasteiger charge is 2.13. The minimum absolute atomic E-state index is 0.285. The third kappa shape index (κ3) is 2.85. The van der Waals surface area contributed by atoms with Crippen LogP contribution in [0, 0.1) is 0 Å². The van der Waals surface area contributed by atoms with E-state index >= 15 is 0 Å². The number of amides is 1. The standard InChI is InChI=1S/C13H15ClN4O2/c1-18-12(15)8(7-17-18)6-16-13(19)10-5-9(14)3-4-11(10)20-2/h3-5,7H,6,15H2,1-2H3,(H,16,19). The van der Waals surface area contributed by atoms with Crippen LogP contribution >= 0.6 is 11.6 Å². The molecule has 3 N–H and O–H groups in total. The summed E-state index contributed by atoms with van der Waals surface area (Å²) in [6.07, 6.45) is 1.62. The molecule has 106 valence electrons. The average molecular weight is 295 g/mol. The minimum atomic E-state index is -0.285. The molecular weight excluding hydrogens is 280 g/mol. The van der Waals surface area contributed by atoms with Crippen LogP contribution in [-0.4, -0.2) is 22.8 Å². The number of benzene rings is 1. The van der Waals surface area contributed by atoms with Crippen molar-refractivity contribution in [3.8, 4) is 5.75 Å². The highest BCUT2D eigenvalue weighted by Crippen LogP contribution is 2.22. The van der Waals surface area contributed by atoms with Gasteiger partial charge in [-0.15, -0.1) is 0 Å². The first-order valence-corrected chi connectivity index (χ1v) is 6.28. The smallest absolute Gasteiger partial charge is 0.255 e. The molecule has 0 bridgehead atoms. The van der Waals surface area contributed by atoms with Gasteiger partial charge in [0.15, 0.2) is 0 Å². The van der Waals surface area contributed by atoms with Gasteiger partial charge in [-0.1, -0.05) is 11.6 Å². The molecule has 0 fully saturated rings. The maximum Gasteiger partial charge on any atom is 0.255 e. The number of aryl methyl sites for hydroxylation is 1. The fourth-order valence-corrected chi connectivity index (χ4v) is 1.93. The van der Waals surface area contributed by atoms with Gasteiger partial charge in [0.1, 0.15) is 11.6 Å². The van der Waals surface area contributed by atoms with E-state index in [0.29, 0.717) is 22.2 Å². The fraction of sp³-hybridized carbons (Fsp3) is 0.231. The lowest BCUT2D eigenvalue weighted by molar-refractivity contribution is 0.0948. The van der Waals surface area contributed by atoms with Crippen LogP contribution in [0.3, 0.4) is 0 Å². The number of nitrogen functional groups attached to an aromatic ring is 1. The molecule has 1 amide bonds. The van der Waals surface area contributed by atoms with E-state index < -0.39 is 0 Å². The number of methoxy groups -OCH3 is 1. The number of ether oxygens (including phenoxy) is 1.